The van der Waals surface area contributed by atoms with Gasteiger partial charge in [-0.15, -0.1) is 0 Å². The molecule has 1 amide bonds. The van der Waals surface area contributed by atoms with E-state index in [2.05, 4.69) is 20.6 Å². The van der Waals surface area contributed by atoms with Crippen molar-refractivity contribution >= 4 is 17.5 Å². The topological polar surface area (TPSA) is 84.8 Å². The summed E-state index contributed by atoms with van der Waals surface area (Å²) in [6, 6.07) is 6.61. The highest BCUT2D eigenvalue weighted by molar-refractivity contribution is 6.32. The van der Waals surface area contributed by atoms with Gasteiger partial charge in [-0.1, -0.05) is 23.7 Å². The summed E-state index contributed by atoms with van der Waals surface area (Å²) in [7, 11) is 0. The molecule has 30 heavy (non-hydrogen) atoms. The first-order valence-electron chi connectivity index (χ1n) is 8.93. The van der Waals surface area contributed by atoms with Gasteiger partial charge in [0, 0.05) is 17.3 Å². The van der Waals surface area contributed by atoms with Gasteiger partial charge in [-0.05, 0) is 32.9 Å². The Kier molecular flexibility index (Phi) is 6.06. The van der Waals surface area contributed by atoms with E-state index in [0.29, 0.717) is 0 Å². The summed E-state index contributed by atoms with van der Waals surface area (Å²) in [5, 5.41) is 13.4. The molecule has 2 N–H and O–H groups in total. The zero-order valence-electron chi connectivity index (χ0n) is 16.3. The van der Waals surface area contributed by atoms with Gasteiger partial charge in [0.05, 0.1) is 22.4 Å². The monoisotopic (exact) mass is 441 g/mol. The van der Waals surface area contributed by atoms with Crippen LogP contribution in [0.2, 0.25) is 5.02 Å². The molecule has 2 aromatic heterocycles. The van der Waals surface area contributed by atoms with Crippen molar-refractivity contribution in [3.05, 3.63) is 58.0 Å². The van der Waals surface area contributed by atoms with Crippen LogP contribution in [-0.4, -0.2) is 32.5 Å². The van der Waals surface area contributed by atoms with E-state index >= 15 is 0 Å². The highest BCUT2D eigenvalue weighted by Gasteiger charge is 2.36. The number of H-pyrrole nitrogens is 1. The SMILES string of the molecule is Cc1n[nH]c(C)c1C(C)NC(=O)COc1cc(C(F)(F)F)nn1-c1ccccc1Cl. The molecule has 0 bridgehead atoms. The van der Waals surface area contributed by atoms with E-state index in [1.165, 1.54) is 12.1 Å². The highest BCUT2D eigenvalue weighted by Crippen LogP contribution is 2.33. The highest BCUT2D eigenvalue weighted by atomic mass is 35.5. The Morgan fingerprint density at radius 1 is 1.33 bits per heavy atom. The molecule has 11 heteroatoms. The quantitative estimate of drug-likeness (QED) is 0.602. The largest absolute Gasteiger partial charge is 0.467 e. The van der Waals surface area contributed by atoms with Crippen molar-refractivity contribution in [1.82, 2.24) is 25.3 Å². The maximum Gasteiger partial charge on any atom is 0.435 e. The Morgan fingerprint density at radius 2 is 2.03 bits per heavy atom. The van der Waals surface area contributed by atoms with E-state index in [9.17, 15) is 18.0 Å². The van der Waals surface area contributed by atoms with Crippen molar-refractivity contribution in [2.75, 3.05) is 6.61 Å². The number of halogens is 4. The minimum Gasteiger partial charge on any atom is -0.467 e. The number of carbonyl (C=O) groups is 1. The van der Waals surface area contributed by atoms with Crippen LogP contribution in [0.4, 0.5) is 13.2 Å². The van der Waals surface area contributed by atoms with Crippen molar-refractivity contribution in [2.24, 2.45) is 0 Å². The van der Waals surface area contributed by atoms with Crippen LogP contribution < -0.4 is 10.1 Å². The predicted molar refractivity (Wildman–Crippen MR) is 104 cm³/mol. The second-order valence-electron chi connectivity index (χ2n) is 6.65. The summed E-state index contributed by atoms with van der Waals surface area (Å²) < 4.78 is 45.7. The van der Waals surface area contributed by atoms with E-state index in [0.717, 1.165) is 27.7 Å². The number of rotatable bonds is 6. The minimum atomic E-state index is -4.68. The molecular formula is C19H19ClF3N5O2. The van der Waals surface area contributed by atoms with Gasteiger partial charge >= 0.3 is 6.18 Å². The fourth-order valence-electron chi connectivity index (χ4n) is 3.09. The summed E-state index contributed by atoms with van der Waals surface area (Å²) in [6.45, 7) is 4.90. The summed E-state index contributed by atoms with van der Waals surface area (Å²) in [6.07, 6.45) is -4.68. The van der Waals surface area contributed by atoms with E-state index in [-0.39, 0.29) is 22.6 Å². The third kappa shape index (κ3) is 4.59. The first-order chi connectivity index (χ1) is 14.1. The van der Waals surface area contributed by atoms with Crippen LogP contribution in [0.3, 0.4) is 0 Å². The number of benzene rings is 1. The molecule has 1 aromatic carbocycles. The maximum atomic E-state index is 13.1. The molecule has 1 unspecified atom stereocenters. The number of para-hydroxylation sites is 1. The first-order valence-corrected chi connectivity index (χ1v) is 9.31. The third-order valence-corrected chi connectivity index (χ3v) is 4.71. The molecule has 7 nitrogen and oxygen atoms in total. The molecule has 0 aliphatic heterocycles. The van der Waals surface area contributed by atoms with Crippen LogP contribution in [-0.2, 0) is 11.0 Å². The molecule has 2 heterocycles. The maximum absolute atomic E-state index is 13.1. The van der Waals surface area contributed by atoms with Gasteiger partial charge in [-0.3, -0.25) is 9.89 Å². The van der Waals surface area contributed by atoms with E-state index < -0.39 is 24.4 Å². The lowest BCUT2D eigenvalue weighted by Crippen LogP contribution is -2.32. The van der Waals surface area contributed by atoms with Crippen LogP contribution in [0, 0.1) is 13.8 Å². The lowest BCUT2D eigenvalue weighted by Gasteiger charge is -2.15. The van der Waals surface area contributed by atoms with Gasteiger partial charge in [0.2, 0.25) is 5.88 Å². The Morgan fingerprint density at radius 3 is 2.63 bits per heavy atom. The number of nitrogens with zero attached hydrogens (tertiary/aromatic N) is 3. The number of carbonyl (C=O) groups excluding carboxylic acids is 1. The normalized spacial score (nSPS) is 12.6. The van der Waals surface area contributed by atoms with Crippen molar-refractivity contribution in [3.8, 4) is 11.6 Å². The standard InChI is InChI=1S/C19H19ClF3N5O2/c1-10(18-11(2)25-26-12(18)3)24-16(29)9-30-17-8-15(19(21,22)23)27-28(17)14-7-5-4-6-13(14)20/h4-8,10H,9H2,1-3H3,(H,24,29)(H,25,26). The van der Waals surface area contributed by atoms with Gasteiger partial charge in [0.15, 0.2) is 12.3 Å². The molecule has 0 spiro atoms. The van der Waals surface area contributed by atoms with Crippen molar-refractivity contribution in [1.29, 1.82) is 0 Å². The van der Waals surface area contributed by atoms with Crippen LogP contribution in [0.5, 0.6) is 5.88 Å². The summed E-state index contributed by atoms with van der Waals surface area (Å²) >= 11 is 6.09. The fourth-order valence-corrected chi connectivity index (χ4v) is 3.31. The lowest BCUT2D eigenvalue weighted by molar-refractivity contribution is -0.141. The number of aromatic nitrogens is 4. The predicted octanol–water partition coefficient (Wildman–Crippen LogP) is 4.14. The number of ether oxygens (including phenoxy) is 1. The van der Waals surface area contributed by atoms with Crippen LogP contribution in [0.1, 0.15) is 35.6 Å². The van der Waals surface area contributed by atoms with Gasteiger partial charge in [-0.2, -0.15) is 28.1 Å². The number of amides is 1. The van der Waals surface area contributed by atoms with Crippen LogP contribution >= 0.6 is 11.6 Å². The second-order valence-corrected chi connectivity index (χ2v) is 7.06. The zero-order valence-corrected chi connectivity index (χ0v) is 17.1. The van der Waals surface area contributed by atoms with Gasteiger partial charge in [0.25, 0.3) is 5.91 Å². The first kappa shape index (κ1) is 21.7. The van der Waals surface area contributed by atoms with E-state index in [1.54, 1.807) is 26.0 Å². The van der Waals surface area contributed by atoms with E-state index in [1.807, 2.05) is 6.92 Å². The molecule has 0 radical (unpaired) electrons. The Hall–Kier alpha value is -3.01. The van der Waals surface area contributed by atoms with Crippen LogP contribution in [0.25, 0.3) is 5.69 Å². The molecule has 0 saturated carbocycles. The second kappa shape index (κ2) is 8.39. The number of aromatic amines is 1. The average Bonchev–Trinajstić information content (AvgIpc) is 3.23. The molecule has 0 fully saturated rings. The fraction of sp³-hybridized carbons (Fsp3) is 0.316. The Labute approximate surface area is 175 Å². The van der Waals surface area contributed by atoms with Gasteiger partial charge in [-0.25, -0.2) is 0 Å². The molecule has 1 atom stereocenters. The zero-order chi connectivity index (χ0) is 22.1. The van der Waals surface area contributed by atoms with E-state index in [4.69, 9.17) is 16.3 Å². The molecule has 0 aliphatic rings. The van der Waals surface area contributed by atoms with Crippen LogP contribution in [0.15, 0.2) is 30.3 Å². The number of hydrogen-bond acceptors (Lipinski definition) is 4. The van der Waals surface area contributed by atoms with Gasteiger partial charge in [0.1, 0.15) is 0 Å². The molecule has 3 rings (SSSR count). The third-order valence-electron chi connectivity index (χ3n) is 4.39. The molecule has 0 aliphatic carbocycles. The smallest absolute Gasteiger partial charge is 0.435 e. The van der Waals surface area contributed by atoms with Crippen molar-refractivity contribution in [3.63, 3.8) is 0 Å². The van der Waals surface area contributed by atoms with Gasteiger partial charge < -0.3 is 10.1 Å². The number of nitrogens with one attached hydrogen (secondary N) is 2. The average molecular weight is 442 g/mol. The van der Waals surface area contributed by atoms with Crippen molar-refractivity contribution < 1.29 is 22.7 Å². The summed E-state index contributed by atoms with van der Waals surface area (Å²) in [5.74, 6) is -0.767. The lowest BCUT2D eigenvalue weighted by atomic mass is 10.1. The summed E-state index contributed by atoms with van der Waals surface area (Å²) in [5.41, 5.74) is 1.43. The van der Waals surface area contributed by atoms with Crippen molar-refractivity contribution in [2.45, 2.75) is 33.0 Å². The summed E-state index contributed by atoms with van der Waals surface area (Å²) in [4.78, 5) is 12.3. The minimum absolute atomic E-state index is 0.183. The Balaban J connectivity index is 1.78. The number of alkyl halides is 3. The molecule has 160 valence electrons. The number of aryl methyl sites for hydroxylation is 2. The molecule has 0 saturated heterocycles. The molecule has 3 aromatic rings. The molecular weight excluding hydrogens is 423 g/mol. The Bertz CT molecular complexity index is 1040. The number of hydrogen-bond donors (Lipinski definition) is 2.